The van der Waals surface area contributed by atoms with Crippen LogP contribution in [0.5, 0.6) is 0 Å². The molecule has 3 aromatic rings. The molecule has 0 unspecified atom stereocenters. The molecule has 1 aromatic carbocycles. The Bertz CT molecular complexity index is 708. The van der Waals surface area contributed by atoms with E-state index in [0.717, 1.165) is 0 Å². The Labute approximate surface area is 99.2 Å². The lowest BCUT2D eigenvalue weighted by Crippen LogP contribution is -1.87. The van der Waals surface area contributed by atoms with Crippen molar-refractivity contribution in [3.05, 3.63) is 34.2 Å². The Kier molecular flexibility index (Phi) is 2.02. The molecule has 0 saturated carbocycles. The number of aromatic amines is 1. The zero-order chi connectivity index (χ0) is 11.3. The lowest BCUT2D eigenvalue weighted by atomic mass is 10.2. The number of nitrogens with one attached hydrogen (secondary N) is 1. The summed E-state index contributed by atoms with van der Waals surface area (Å²) >= 11 is 11.9. The smallest absolute Gasteiger partial charge is 0.157 e. The van der Waals surface area contributed by atoms with E-state index in [1.807, 2.05) is 0 Å². The van der Waals surface area contributed by atoms with Crippen molar-refractivity contribution in [2.75, 3.05) is 0 Å². The molecular weight excluding hydrogens is 252 g/mol. The van der Waals surface area contributed by atoms with Crippen LogP contribution >= 0.6 is 23.2 Å². The molecule has 0 amide bonds. The molecule has 0 saturated heterocycles. The number of fused-ring (bicyclic) bond motifs is 2. The van der Waals surface area contributed by atoms with Crippen molar-refractivity contribution in [1.82, 2.24) is 15.2 Å². The van der Waals surface area contributed by atoms with Crippen molar-refractivity contribution in [2.24, 2.45) is 0 Å². The predicted octanol–water partition coefficient (Wildman–Crippen LogP) is 3.56. The van der Waals surface area contributed by atoms with Crippen molar-refractivity contribution in [3.63, 3.8) is 0 Å². The summed E-state index contributed by atoms with van der Waals surface area (Å²) in [5.41, 5.74) is 0.643. The largest absolute Gasteiger partial charge is 0.261 e. The number of halogens is 3. The maximum Gasteiger partial charge on any atom is 0.157 e. The van der Waals surface area contributed by atoms with Gasteiger partial charge in [0.15, 0.2) is 11.5 Å². The van der Waals surface area contributed by atoms with Gasteiger partial charge in [0, 0.05) is 10.4 Å². The van der Waals surface area contributed by atoms with E-state index in [1.165, 1.54) is 6.07 Å². The zero-order valence-corrected chi connectivity index (χ0v) is 9.27. The monoisotopic (exact) mass is 255 g/mol. The van der Waals surface area contributed by atoms with Crippen LogP contribution < -0.4 is 0 Å². The van der Waals surface area contributed by atoms with Crippen molar-refractivity contribution < 1.29 is 4.39 Å². The second-order valence-electron chi connectivity index (χ2n) is 3.34. The van der Waals surface area contributed by atoms with Gasteiger partial charge in [-0.25, -0.2) is 9.37 Å². The molecule has 3 nitrogen and oxygen atoms in total. The zero-order valence-electron chi connectivity index (χ0n) is 7.76. The minimum atomic E-state index is -0.499. The second kappa shape index (κ2) is 3.30. The molecule has 0 aliphatic carbocycles. The Morgan fingerprint density at radius 1 is 1.19 bits per heavy atom. The minimum Gasteiger partial charge on any atom is -0.261 e. The first-order valence-corrected chi connectivity index (χ1v) is 5.20. The maximum atomic E-state index is 13.6. The molecule has 0 aliphatic heterocycles. The number of hydrogen-bond acceptors (Lipinski definition) is 2. The van der Waals surface area contributed by atoms with Crippen LogP contribution in [0.25, 0.3) is 21.9 Å². The number of benzene rings is 1. The van der Waals surface area contributed by atoms with Crippen LogP contribution in [0.15, 0.2) is 18.3 Å². The summed E-state index contributed by atoms with van der Waals surface area (Å²) in [5.74, 6) is -0.499. The highest BCUT2D eigenvalue weighted by Crippen LogP contribution is 2.32. The van der Waals surface area contributed by atoms with Crippen molar-refractivity contribution in [2.45, 2.75) is 0 Å². The van der Waals surface area contributed by atoms with Crippen LogP contribution in [0, 0.1) is 5.82 Å². The first kappa shape index (κ1) is 9.81. The lowest BCUT2D eigenvalue weighted by Gasteiger charge is -2.03. The van der Waals surface area contributed by atoms with E-state index in [9.17, 15) is 4.39 Å². The number of nitrogens with zero attached hydrogens (tertiary/aromatic N) is 2. The maximum absolute atomic E-state index is 13.6. The van der Waals surface area contributed by atoms with Gasteiger partial charge in [-0.05, 0) is 12.1 Å². The van der Waals surface area contributed by atoms with E-state index in [1.54, 1.807) is 12.3 Å². The molecular formula is C10H4Cl2FN3. The van der Waals surface area contributed by atoms with Gasteiger partial charge in [-0.15, -0.1) is 0 Å². The van der Waals surface area contributed by atoms with E-state index < -0.39 is 5.82 Å². The summed E-state index contributed by atoms with van der Waals surface area (Å²) in [6.45, 7) is 0. The molecule has 0 bridgehead atoms. The van der Waals surface area contributed by atoms with Gasteiger partial charge in [0.05, 0.1) is 16.6 Å². The highest BCUT2D eigenvalue weighted by molar-refractivity contribution is 6.40. The number of aromatic nitrogens is 3. The number of rotatable bonds is 0. The summed E-state index contributed by atoms with van der Waals surface area (Å²) < 4.78 is 13.6. The van der Waals surface area contributed by atoms with Gasteiger partial charge >= 0.3 is 0 Å². The van der Waals surface area contributed by atoms with Crippen molar-refractivity contribution >= 4 is 45.1 Å². The molecule has 16 heavy (non-hydrogen) atoms. The average molecular weight is 256 g/mol. The van der Waals surface area contributed by atoms with Gasteiger partial charge in [0.25, 0.3) is 0 Å². The summed E-state index contributed by atoms with van der Waals surface area (Å²) in [6, 6.07) is 2.79. The number of hydrogen-bond donors (Lipinski definition) is 1. The van der Waals surface area contributed by atoms with E-state index >= 15 is 0 Å². The fraction of sp³-hybridized carbons (Fsp3) is 0. The summed E-state index contributed by atoms with van der Waals surface area (Å²) in [7, 11) is 0. The summed E-state index contributed by atoms with van der Waals surface area (Å²) in [4.78, 5) is 4.10. The van der Waals surface area contributed by atoms with Crippen molar-refractivity contribution in [1.29, 1.82) is 0 Å². The van der Waals surface area contributed by atoms with E-state index in [4.69, 9.17) is 23.2 Å². The highest BCUT2D eigenvalue weighted by Gasteiger charge is 2.12. The second-order valence-corrected chi connectivity index (χ2v) is 4.16. The van der Waals surface area contributed by atoms with Crippen LogP contribution in [0.2, 0.25) is 10.0 Å². The van der Waals surface area contributed by atoms with Gasteiger partial charge in [0.1, 0.15) is 5.52 Å². The SMILES string of the molecule is Fc1cc(Cl)cc2c(Cl)c3cn[nH]c3nc12. The first-order valence-electron chi connectivity index (χ1n) is 4.44. The van der Waals surface area contributed by atoms with Gasteiger partial charge in [-0.3, -0.25) is 5.10 Å². The standard InChI is InChI=1S/C10H4Cl2FN3/c11-4-1-5-8(12)6-3-14-16-10(6)15-9(5)7(13)2-4/h1-3H,(H,14,15,16). The Balaban J connectivity index is 2.61. The molecule has 0 atom stereocenters. The summed E-state index contributed by atoms with van der Waals surface area (Å²) in [5, 5.41) is 8.28. The minimum absolute atomic E-state index is 0.186. The van der Waals surface area contributed by atoms with Crippen LogP contribution in [0.3, 0.4) is 0 Å². The van der Waals surface area contributed by atoms with Gasteiger partial charge < -0.3 is 0 Å². The third kappa shape index (κ3) is 1.27. The van der Waals surface area contributed by atoms with E-state index in [2.05, 4.69) is 15.2 Å². The fourth-order valence-corrected chi connectivity index (χ4v) is 2.12. The number of H-pyrrole nitrogens is 1. The molecule has 0 aliphatic rings. The fourth-order valence-electron chi connectivity index (χ4n) is 1.63. The molecule has 0 spiro atoms. The molecule has 2 aromatic heterocycles. The molecule has 0 radical (unpaired) electrons. The molecule has 2 heterocycles. The molecule has 6 heteroatoms. The average Bonchev–Trinajstić information content (AvgIpc) is 2.68. The Hall–Kier alpha value is -1.39. The van der Waals surface area contributed by atoms with E-state index in [0.29, 0.717) is 21.4 Å². The molecule has 80 valence electrons. The van der Waals surface area contributed by atoms with Crippen LogP contribution in [0.1, 0.15) is 0 Å². The Morgan fingerprint density at radius 2 is 2.00 bits per heavy atom. The van der Waals surface area contributed by atoms with Crippen molar-refractivity contribution in [3.8, 4) is 0 Å². The first-order chi connectivity index (χ1) is 7.66. The van der Waals surface area contributed by atoms with E-state index in [-0.39, 0.29) is 10.5 Å². The van der Waals surface area contributed by atoms with Gasteiger partial charge in [-0.1, -0.05) is 23.2 Å². The molecule has 3 rings (SSSR count). The topological polar surface area (TPSA) is 41.6 Å². The van der Waals surface area contributed by atoms with Gasteiger partial charge in [0.2, 0.25) is 0 Å². The number of pyridine rings is 1. The lowest BCUT2D eigenvalue weighted by molar-refractivity contribution is 0.637. The quantitative estimate of drug-likeness (QED) is 0.668. The van der Waals surface area contributed by atoms with Crippen LogP contribution in [-0.4, -0.2) is 15.2 Å². The molecule has 0 fully saturated rings. The van der Waals surface area contributed by atoms with Crippen LogP contribution in [-0.2, 0) is 0 Å². The van der Waals surface area contributed by atoms with Gasteiger partial charge in [-0.2, -0.15) is 5.10 Å². The molecule has 1 N–H and O–H groups in total. The highest BCUT2D eigenvalue weighted by atomic mass is 35.5. The van der Waals surface area contributed by atoms with Crippen LogP contribution in [0.4, 0.5) is 4.39 Å². The summed E-state index contributed by atoms with van der Waals surface area (Å²) in [6.07, 6.45) is 1.54. The third-order valence-electron chi connectivity index (χ3n) is 2.34. The Morgan fingerprint density at radius 3 is 2.81 bits per heavy atom. The predicted molar refractivity (Wildman–Crippen MR) is 61.4 cm³/mol. The third-order valence-corrected chi connectivity index (χ3v) is 2.97. The normalized spacial score (nSPS) is 11.4.